The highest BCUT2D eigenvalue weighted by molar-refractivity contribution is 6.10. The van der Waals surface area contributed by atoms with E-state index >= 15 is 0 Å². The van der Waals surface area contributed by atoms with Gasteiger partial charge in [-0.3, -0.25) is 9.59 Å². The summed E-state index contributed by atoms with van der Waals surface area (Å²) in [7, 11) is 3.02. The highest BCUT2D eigenvalue weighted by Gasteiger charge is 2.07. The second-order valence-electron chi connectivity index (χ2n) is 6.58. The van der Waals surface area contributed by atoms with Gasteiger partial charge in [-0.2, -0.15) is 0 Å². The number of methoxy groups -OCH3 is 2. The topological polar surface area (TPSA) is 71.1 Å². The zero-order chi connectivity index (χ0) is 24.1. The first-order chi connectivity index (χ1) is 16.0. The Morgan fingerprint density at radius 3 is 1.55 bits per heavy atom. The molecule has 0 saturated carbocycles. The molecule has 0 radical (unpaired) electrons. The van der Waals surface area contributed by atoms with Crippen LogP contribution in [-0.2, 0) is 9.59 Å². The maximum absolute atomic E-state index is 12.2. The standard InChI is InChI=1S/C27H24O6/c1-5-15-32-24-13-9-20(17-26(24)30-3)7-11-22(28)19-23(29)12-8-21-10-14-25(33-16-6-2)27(18-21)31-4/h1-2,7-14,17-18H,15-16,19H2,3-4H3. The van der Waals surface area contributed by atoms with E-state index in [4.69, 9.17) is 31.8 Å². The van der Waals surface area contributed by atoms with Crippen molar-refractivity contribution in [1.29, 1.82) is 0 Å². The summed E-state index contributed by atoms with van der Waals surface area (Å²) in [4.78, 5) is 24.3. The van der Waals surface area contributed by atoms with E-state index in [-0.39, 0.29) is 31.2 Å². The molecule has 0 aliphatic carbocycles. The van der Waals surface area contributed by atoms with Crippen molar-refractivity contribution >= 4 is 23.7 Å². The summed E-state index contributed by atoms with van der Waals surface area (Å²) in [6, 6.07) is 10.3. The normalized spacial score (nSPS) is 10.4. The molecule has 0 unspecified atom stereocenters. The van der Waals surface area contributed by atoms with Crippen molar-refractivity contribution in [3.05, 3.63) is 59.7 Å². The Morgan fingerprint density at radius 2 is 1.18 bits per heavy atom. The molecule has 0 atom stereocenters. The highest BCUT2D eigenvalue weighted by Crippen LogP contribution is 2.29. The van der Waals surface area contributed by atoms with Crippen LogP contribution in [0, 0.1) is 24.7 Å². The van der Waals surface area contributed by atoms with Crippen molar-refractivity contribution in [2.24, 2.45) is 0 Å². The molecule has 0 spiro atoms. The van der Waals surface area contributed by atoms with Crippen LogP contribution < -0.4 is 18.9 Å². The van der Waals surface area contributed by atoms with E-state index in [0.717, 1.165) is 11.1 Å². The quantitative estimate of drug-likeness (QED) is 0.280. The summed E-state index contributed by atoms with van der Waals surface area (Å²) in [6.07, 6.45) is 16.0. The Balaban J connectivity index is 1.97. The van der Waals surface area contributed by atoms with Crippen LogP contribution >= 0.6 is 0 Å². The van der Waals surface area contributed by atoms with Crippen molar-refractivity contribution in [1.82, 2.24) is 0 Å². The van der Waals surface area contributed by atoms with Crippen LogP contribution in [0.5, 0.6) is 23.0 Å². The molecule has 0 aliphatic rings. The van der Waals surface area contributed by atoms with E-state index in [9.17, 15) is 9.59 Å². The maximum atomic E-state index is 12.2. The number of hydrogen-bond donors (Lipinski definition) is 0. The summed E-state index contributed by atoms with van der Waals surface area (Å²) < 4.78 is 21.3. The molecule has 0 heterocycles. The predicted octanol–water partition coefficient (Wildman–Crippen LogP) is 3.98. The molecule has 33 heavy (non-hydrogen) atoms. The molecule has 0 aliphatic heterocycles. The van der Waals surface area contributed by atoms with Gasteiger partial charge in [0.05, 0.1) is 20.6 Å². The van der Waals surface area contributed by atoms with Crippen molar-refractivity contribution < 1.29 is 28.5 Å². The average Bonchev–Trinajstić information content (AvgIpc) is 2.83. The number of carbonyl (C=O) groups is 2. The zero-order valence-electron chi connectivity index (χ0n) is 18.5. The number of ketones is 2. The Kier molecular flexibility index (Phi) is 9.86. The third-order valence-corrected chi connectivity index (χ3v) is 4.27. The molecule has 0 N–H and O–H groups in total. The summed E-state index contributed by atoms with van der Waals surface area (Å²) in [5.41, 5.74) is 1.44. The van der Waals surface area contributed by atoms with Crippen LogP contribution in [0.25, 0.3) is 12.2 Å². The molecule has 2 aromatic carbocycles. The van der Waals surface area contributed by atoms with Gasteiger partial charge in [-0.15, -0.1) is 12.8 Å². The lowest BCUT2D eigenvalue weighted by molar-refractivity contribution is -0.121. The van der Waals surface area contributed by atoms with Crippen LogP contribution in [-0.4, -0.2) is 39.0 Å². The number of hydrogen-bond acceptors (Lipinski definition) is 6. The van der Waals surface area contributed by atoms with Crippen LogP contribution in [0.4, 0.5) is 0 Å². The highest BCUT2D eigenvalue weighted by atomic mass is 16.5. The van der Waals surface area contributed by atoms with Gasteiger partial charge >= 0.3 is 0 Å². The molecule has 168 valence electrons. The van der Waals surface area contributed by atoms with Gasteiger partial charge in [-0.1, -0.05) is 36.1 Å². The van der Waals surface area contributed by atoms with Gasteiger partial charge in [-0.05, 0) is 47.5 Å². The molecule has 0 saturated heterocycles. The fraction of sp³-hybridized carbons (Fsp3) is 0.185. The third kappa shape index (κ3) is 7.97. The molecule has 2 rings (SSSR count). The number of ether oxygens (including phenoxy) is 4. The number of allylic oxidation sites excluding steroid dienone is 2. The molecule has 0 aromatic heterocycles. The monoisotopic (exact) mass is 444 g/mol. The smallest absolute Gasteiger partial charge is 0.163 e. The number of terminal acetylenes is 2. The Bertz CT molecular complexity index is 1040. The molecule has 0 fully saturated rings. The number of carbonyl (C=O) groups excluding carboxylic acids is 2. The van der Waals surface area contributed by atoms with E-state index in [0.29, 0.717) is 23.0 Å². The fourth-order valence-corrected chi connectivity index (χ4v) is 2.72. The predicted molar refractivity (Wildman–Crippen MR) is 127 cm³/mol. The largest absolute Gasteiger partial charge is 0.493 e. The Morgan fingerprint density at radius 1 is 0.758 bits per heavy atom. The van der Waals surface area contributed by atoms with Crippen LogP contribution in [0.2, 0.25) is 0 Å². The van der Waals surface area contributed by atoms with E-state index in [1.54, 1.807) is 48.6 Å². The van der Waals surface area contributed by atoms with E-state index in [1.807, 2.05) is 0 Å². The molecule has 0 bridgehead atoms. The summed E-state index contributed by atoms with van der Waals surface area (Å²) >= 11 is 0. The van der Waals surface area contributed by atoms with Crippen molar-refractivity contribution in [3.8, 4) is 47.7 Å². The first-order valence-electron chi connectivity index (χ1n) is 9.91. The first kappa shape index (κ1) is 24.8. The van der Waals surface area contributed by atoms with Crippen molar-refractivity contribution in [2.75, 3.05) is 27.4 Å². The fourth-order valence-electron chi connectivity index (χ4n) is 2.72. The van der Waals surface area contributed by atoms with Crippen molar-refractivity contribution in [3.63, 3.8) is 0 Å². The molecule has 6 nitrogen and oxygen atoms in total. The van der Waals surface area contributed by atoms with Gasteiger partial charge in [0.2, 0.25) is 0 Å². The maximum Gasteiger partial charge on any atom is 0.163 e. The lowest BCUT2D eigenvalue weighted by atomic mass is 10.1. The van der Waals surface area contributed by atoms with E-state index in [2.05, 4.69) is 11.8 Å². The number of rotatable bonds is 12. The Hall–Kier alpha value is -4.42. The van der Waals surface area contributed by atoms with E-state index < -0.39 is 0 Å². The minimum atomic E-state index is -0.327. The van der Waals surface area contributed by atoms with E-state index in [1.165, 1.54) is 26.4 Å². The molecule has 2 aromatic rings. The Labute approximate surface area is 193 Å². The first-order valence-corrected chi connectivity index (χ1v) is 9.91. The second-order valence-corrected chi connectivity index (χ2v) is 6.58. The van der Waals surface area contributed by atoms with Gasteiger partial charge in [0.15, 0.2) is 34.6 Å². The minimum absolute atomic E-state index is 0.121. The van der Waals surface area contributed by atoms with Crippen LogP contribution in [0.1, 0.15) is 17.5 Å². The lowest BCUT2D eigenvalue weighted by Gasteiger charge is -2.09. The SMILES string of the molecule is C#CCOc1ccc(C=CC(=O)CC(=O)C=Cc2ccc(OCC#C)c(OC)c2)cc1OC. The average molecular weight is 444 g/mol. The zero-order valence-corrected chi connectivity index (χ0v) is 18.5. The van der Waals surface area contributed by atoms with Crippen LogP contribution in [0.15, 0.2) is 48.6 Å². The summed E-state index contributed by atoms with van der Waals surface area (Å²) in [6.45, 7) is 0.242. The van der Waals surface area contributed by atoms with Gasteiger partial charge < -0.3 is 18.9 Å². The van der Waals surface area contributed by atoms with Crippen LogP contribution in [0.3, 0.4) is 0 Å². The van der Waals surface area contributed by atoms with Crippen molar-refractivity contribution in [2.45, 2.75) is 6.42 Å². The molecular formula is C27H24O6. The minimum Gasteiger partial charge on any atom is -0.493 e. The molecular weight excluding hydrogens is 420 g/mol. The summed E-state index contributed by atoms with van der Waals surface area (Å²) in [5, 5.41) is 0. The van der Waals surface area contributed by atoms with Gasteiger partial charge in [0.25, 0.3) is 0 Å². The van der Waals surface area contributed by atoms with Gasteiger partial charge in [-0.25, -0.2) is 0 Å². The molecule has 0 amide bonds. The number of benzene rings is 2. The van der Waals surface area contributed by atoms with Gasteiger partial charge in [0, 0.05) is 0 Å². The summed E-state index contributed by atoms with van der Waals surface area (Å²) in [5.74, 6) is 6.11. The third-order valence-electron chi connectivity index (χ3n) is 4.27. The van der Waals surface area contributed by atoms with Gasteiger partial charge in [0.1, 0.15) is 13.2 Å². The second kappa shape index (κ2) is 13.1. The molecule has 6 heteroatoms. The lowest BCUT2D eigenvalue weighted by Crippen LogP contribution is -2.02.